The van der Waals surface area contributed by atoms with Gasteiger partial charge in [-0.25, -0.2) is 4.68 Å². The van der Waals surface area contributed by atoms with Gasteiger partial charge in [-0.1, -0.05) is 20.8 Å². The van der Waals surface area contributed by atoms with Crippen molar-refractivity contribution in [2.75, 3.05) is 6.54 Å². The van der Waals surface area contributed by atoms with E-state index in [1.165, 1.54) is 12.1 Å². The monoisotopic (exact) mass is 356 g/mol. The molecule has 1 N–H and O–H groups in total. The van der Waals surface area contributed by atoms with E-state index in [1.54, 1.807) is 16.8 Å². The Morgan fingerprint density at radius 2 is 2.00 bits per heavy atom. The highest BCUT2D eigenvalue weighted by molar-refractivity contribution is 5.97. The molecule has 1 aliphatic carbocycles. The van der Waals surface area contributed by atoms with E-state index < -0.39 is 4.92 Å². The molecule has 1 heterocycles. The number of amides is 1. The Hall–Kier alpha value is -2.70. The molecule has 138 valence electrons. The number of nitro benzene ring substituents is 1. The van der Waals surface area contributed by atoms with Crippen LogP contribution >= 0.6 is 0 Å². The average Bonchev–Trinajstić information content (AvgIpc) is 3.39. The molecule has 1 saturated carbocycles. The number of nitrogens with zero attached hydrogens (tertiary/aromatic N) is 3. The molecule has 0 unspecified atom stereocenters. The molecule has 7 nitrogen and oxygen atoms in total. The number of hydrogen-bond donors (Lipinski definition) is 1. The van der Waals surface area contributed by atoms with Crippen molar-refractivity contribution in [3.8, 4) is 5.69 Å². The lowest BCUT2D eigenvalue weighted by Crippen LogP contribution is -2.28. The number of aromatic nitrogens is 2. The molecule has 7 heteroatoms. The van der Waals surface area contributed by atoms with Crippen molar-refractivity contribution in [1.29, 1.82) is 0 Å². The fourth-order valence-corrected chi connectivity index (χ4v) is 3.00. The van der Waals surface area contributed by atoms with Crippen molar-refractivity contribution in [1.82, 2.24) is 15.1 Å². The molecule has 1 aromatic heterocycles. The summed E-state index contributed by atoms with van der Waals surface area (Å²) in [6.45, 7) is 6.73. The predicted molar refractivity (Wildman–Crippen MR) is 98.7 cm³/mol. The van der Waals surface area contributed by atoms with E-state index in [1.807, 2.05) is 6.92 Å². The van der Waals surface area contributed by atoms with Crippen LogP contribution < -0.4 is 5.32 Å². The average molecular weight is 356 g/mol. The van der Waals surface area contributed by atoms with Gasteiger partial charge < -0.3 is 5.32 Å². The van der Waals surface area contributed by atoms with Crippen LogP contribution in [-0.2, 0) is 6.42 Å². The van der Waals surface area contributed by atoms with E-state index in [0.29, 0.717) is 30.4 Å². The lowest BCUT2D eigenvalue weighted by atomic mass is 10.1. The zero-order chi connectivity index (χ0) is 18.8. The molecule has 0 atom stereocenters. The topological polar surface area (TPSA) is 90.1 Å². The van der Waals surface area contributed by atoms with E-state index in [4.69, 9.17) is 5.10 Å². The van der Waals surface area contributed by atoms with E-state index in [0.717, 1.165) is 29.9 Å². The lowest BCUT2D eigenvalue weighted by Gasteiger charge is -2.10. The van der Waals surface area contributed by atoms with Gasteiger partial charge in [0.25, 0.3) is 11.6 Å². The van der Waals surface area contributed by atoms with Crippen molar-refractivity contribution in [3.63, 3.8) is 0 Å². The number of nitrogens with one attached hydrogen (secondary N) is 1. The Bertz CT molecular complexity index is 820. The molecule has 2 aromatic rings. The summed E-state index contributed by atoms with van der Waals surface area (Å²) in [6, 6.07) is 6.28. The molecular formula is C19H24N4O3. The predicted octanol–water partition coefficient (Wildman–Crippen LogP) is 3.61. The lowest BCUT2D eigenvalue weighted by molar-refractivity contribution is -0.384. The summed E-state index contributed by atoms with van der Waals surface area (Å²) in [4.78, 5) is 23.3. The summed E-state index contributed by atoms with van der Waals surface area (Å²) < 4.78 is 1.77. The third kappa shape index (κ3) is 3.61. The van der Waals surface area contributed by atoms with Crippen LogP contribution in [0, 0.1) is 16.0 Å². The van der Waals surface area contributed by atoms with Gasteiger partial charge in [0.15, 0.2) is 0 Å². The number of hydrogen-bond acceptors (Lipinski definition) is 4. The highest BCUT2D eigenvalue weighted by atomic mass is 16.6. The molecule has 0 bridgehead atoms. The second-order valence-corrected chi connectivity index (χ2v) is 7.12. The summed E-state index contributed by atoms with van der Waals surface area (Å²) in [5, 5.41) is 18.6. The summed E-state index contributed by atoms with van der Waals surface area (Å²) >= 11 is 0. The van der Waals surface area contributed by atoms with Gasteiger partial charge in [0, 0.05) is 24.6 Å². The largest absolute Gasteiger partial charge is 0.352 e. The maximum absolute atomic E-state index is 12.8. The van der Waals surface area contributed by atoms with Gasteiger partial charge in [0.2, 0.25) is 0 Å². The van der Waals surface area contributed by atoms with Crippen LogP contribution in [0.3, 0.4) is 0 Å². The fraction of sp³-hybridized carbons (Fsp3) is 0.474. The van der Waals surface area contributed by atoms with Crippen LogP contribution in [0.4, 0.5) is 5.69 Å². The fourth-order valence-electron chi connectivity index (χ4n) is 3.00. The SMILES string of the molecule is CCc1c(C(=O)NCC(C)C)c(C2CC2)nn1-c1ccc([N+](=O)[O-])cc1. The number of carbonyl (C=O) groups is 1. The zero-order valence-electron chi connectivity index (χ0n) is 15.4. The normalized spacial score (nSPS) is 13.8. The number of non-ortho nitro benzene ring substituents is 1. The van der Waals surface area contributed by atoms with Gasteiger partial charge in [0.05, 0.1) is 27.6 Å². The Kier molecular flexibility index (Phi) is 5.06. The molecule has 0 spiro atoms. The second-order valence-electron chi connectivity index (χ2n) is 7.12. The van der Waals surface area contributed by atoms with Crippen LogP contribution in [0.5, 0.6) is 0 Å². The third-order valence-corrected chi connectivity index (χ3v) is 4.51. The molecule has 1 aromatic carbocycles. The van der Waals surface area contributed by atoms with Gasteiger partial charge in [-0.15, -0.1) is 0 Å². The van der Waals surface area contributed by atoms with E-state index in [-0.39, 0.29) is 11.6 Å². The standard InChI is InChI=1S/C19H24N4O3/c1-4-16-17(19(24)20-11-12(2)3)18(13-5-6-13)21-22(16)14-7-9-15(10-8-14)23(25)26/h7-10,12-13H,4-6,11H2,1-3H3,(H,20,24). The first kappa shape index (κ1) is 18.1. The van der Waals surface area contributed by atoms with E-state index >= 15 is 0 Å². The van der Waals surface area contributed by atoms with Crippen molar-refractivity contribution in [2.24, 2.45) is 5.92 Å². The molecule has 0 radical (unpaired) electrons. The highest BCUT2D eigenvalue weighted by Crippen LogP contribution is 2.42. The van der Waals surface area contributed by atoms with Crippen LogP contribution in [0.1, 0.15) is 61.3 Å². The summed E-state index contributed by atoms with van der Waals surface area (Å²) in [7, 11) is 0. The summed E-state index contributed by atoms with van der Waals surface area (Å²) in [6.07, 6.45) is 2.75. The molecule has 26 heavy (non-hydrogen) atoms. The number of carbonyl (C=O) groups excluding carboxylic acids is 1. The first-order valence-corrected chi connectivity index (χ1v) is 9.07. The van der Waals surface area contributed by atoms with E-state index in [9.17, 15) is 14.9 Å². The maximum atomic E-state index is 12.8. The quantitative estimate of drug-likeness (QED) is 0.606. The smallest absolute Gasteiger partial charge is 0.269 e. The Morgan fingerprint density at radius 1 is 1.35 bits per heavy atom. The van der Waals surface area contributed by atoms with Gasteiger partial charge in [-0.05, 0) is 37.3 Å². The summed E-state index contributed by atoms with van der Waals surface area (Å²) in [5.74, 6) is 0.628. The number of benzene rings is 1. The van der Waals surface area contributed by atoms with Crippen LogP contribution in [0.25, 0.3) is 5.69 Å². The molecule has 0 saturated heterocycles. The van der Waals surface area contributed by atoms with Crippen LogP contribution in [-0.4, -0.2) is 27.2 Å². The molecule has 3 rings (SSSR count). The Morgan fingerprint density at radius 3 is 2.50 bits per heavy atom. The van der Waals surface area contributed by atoms with Gasteiger partial charge in [0.1, 0.15) is 0 Å². The van der Waals surface area contributed by atoms with Gasteiger partial charge in [-0.3, -0.25) is 14.9 Å². The van der Waals surface area contributed by atoms with E-state index in [2.05, 4.69) is 19.2 Å². The number of rotatable bonds is 7. The first-order valence-electron chi connectivity index (χ1n) is 9.07. The molecule has 1 fully saturated rings. The van der Waals surface area contributed by atoms with Crippen molar-refractivity contribution in [3.05, 3.63) is 51.3 Å². The van der Waals surface area contributed by atoms with Gasteiger partial charge >= 0.3 is 0 Å². The minimum Gasteiger partial charge on any atom is -0.352 e. The van der Waals surface area contributed by atoms with Crippen LogP contribution in [0.2, 0.25) is 0 Å². The van der Waals surface area contributed by atoms with Gasteiger partial charge in [-0.2, -0.15) is 5.10 Å². The zero-order valence-corrected chi connectivity index (χ0v) is 15.4. The minimum absolute atomic E-state index is 0.0382. The molecule has 1 amide bonds. The van der Waals surface area contributed by atoms with Crippen molar-refractivity contribution < 1.29 is 9.72 Å². The van der Waals surface area contributed by atoms with Crippen molar-refractivity contribution in [2.45, 2.75) is 46.0 Å². The van der Waals surface area contributed by atoms with Crippen molar-refractivity contribution >= 4 is 11.6 Å². The third-order valence-electron chi connectivity index (χ3n) is 4.51. The maximum Gasteiger partial charge on any atom is 0.269 e. The minimum atomic E-state index is -0.423. The Labute approximate surface area is 152 Å². The first-order chi connectivity index (χ1) is 12.4. The second kappa shape index (κ2) is 7.27. The molecule has 1 aliphatic rings. The molecular weight excluding hydrogens is 332 g/mol. The Balaban J connectivity index is 2.02. The van der Waals surface area contributed by atoms with Crippen LogP contribution in [0.15, 0.2) is 24.3 Å². The molecule has 0 aliphatic heterocycles. The summed E-state index contributed by atoms with van der Waals surface area (Å²) in [5.41, 5.74) is 3.14. The highest BCUT2D eigenvalue weighted by Gasteiger charge is 2.34. The number of nitro groups is 1.